The molecule has 11 heteroatoms. The molecule has 0 aliphatic rings. The molecule has 0 radical (unpaired) electrons. The van der Waals surface area contributed by atoms with Crippen LogP contribution in [0.25, 0.3) is 0 Å². The third kappa shape index (κ3) is 7.49. The van der Waals surface area contributed by atoms with Crippen LogP contribution in [-0.4, -0.2) is 43.3 Å². The lowest BCUT2D eigenvalue weighted by molar-refractivity contribution is -0.140. The molecule has 1 atom stereocenters. The van der Waals surface area contributed by atoms with Crippen molar-refractivity contribution in [2.24, 2.45) is 0 Å². The summed E-state index contributed by atoms with van der Waals surface area (Å²) in [6, 6.07) is 16.6. The molecular weight excluding hydrogens is 593 g/mol. The van der Waals surface area contributed by atoms with Gasteiger partial charge in [-0.1, -0.05) is 65.1 Å². The number of carbonyl (C=O) groups is 2. The van der Waals surface area contributed by atoms with E-state index in [1.807, 2.05) is 20.8 Å². The largest absolute Gasteiger partial charge is 0.350 e. The smallest absolute Gasteiger partial charge is 0.264 e. The van der Waals surface area contributed by atoms with Crippen LogP contribution in [-0.2, 0) is 26.2 Å². The van der Waals surface area contributed by atoms with Gasteiger partial charge in [0, 0.05) is 32.7 Å². The number of benzene rings is 3. The fourth-order valence-electron chi connectivity index (χ4n) is 4.01. The van der Waals surface area contributed by atoms with Crippen LogP contribution in [0.4, 0.5) is 5.69 Å². The Morgan fingerprint density at radius 3 is 2.00 bits per heavy atom. The molecule has 3 aromatic rings. The lowest BCUT2D eigenvalue weighted by atomic mass is 10.1. The number of hydrogen-bond acceptors (Lipinski definition) is 4. The first kappa shape index (κ1) is 31.7. The molecule has 3 rings (SSSR count). The molecule has 0 aliphatic carbocycles. The molecule has 0 bridgehead atoms. The molecule has 0 saturated heterocycles. The summed E-state index contributed by atoms with van der Waals surface area (Å²) in [6.07, 6.45) is 0. The topological polar surface area (TPSA) is 86.8 Å². The molecule has 2 amide bonds. The highest BCUT2D eigenvalue weighted by Gasteiger charge is 2.34. The Hall–Kier alpha value is -2.78. The van der Waals surface area contributed by atoms with Gasteiger partial charge in [0.1, 0.15) is 12.6 Å². The average Bonchev–Trinajstić information content (AvgIpc) is 2.88. The predicted octanol–water partition coefficient (Wildman–Crippen LogP) is 6.48. The Bertz CT molecular complexity index is 1470. The first-order chi connectivity index (χ1) is 18.6. The number of nitrogens with zero attached hydrogens (tertiary/aromatic N) is 2. The summed E-state index contributed by atoms with van der Waals surface area (Å²) in [6.45, 7) is 8.00. The Morgan fingerprint density at radius 1 is 0.875 bits per heavy atom. The molecule has 7 nitrogen and oxygen atoms in total. The minimum Gasteiger partial charge on any atom is -0.350 e. The van der Waals surface area contributed by atoms with Gasteiger partial charge in [-0.05, 0) is 76.6 Å². The van der Waals surface area contributed by atoms with Crippen LogP contribution < -0.4 is 9.62 Å². The second-order valence-electron chi connectivity index (χ2n) is 10.3. The maximum Gasteiger partial charge on any atom is 0.264 e. The second kappa shape index (κ2) is 12.8. The molecule has 1 unspecified atom stereocenters. The van der Waals surface area contributed by atoms with E-state index in [1.165, 1.54) is 17.0 Å². The molecule has 40 heavy (non-hydrogen) atoms. The fraction of sp³-hybridized carbons (Fsp3) is 0.310. The maximum atomic E-state index is 14.1. The Labute approximate surface area is 251 Å². The predicted molar refractivity (Wildman–Crippen MR) is 162 cm³/mol. The molecule has 0 spiro atoms. The zero-order valence-electron chi connectivity index (χ0n) is 22.9. The van der Waals surface area contributed by atoms with E-state index >= 15 is 0 Å². The van der Waals surface area contributed by atoms with Gasteiger partial charge in [0.15, 0.2) is 0 Å². The quantitative estimate of drug-likeness (QED) is 0.295. The molecule has 0 saturated carbocycles. The highest BCUT2D eigenvalue weighted by molar-refractivity contribution is 7.92. The average molecular weight is 625 g/mol. The highest BCUT2D eigenvalue weighted by atomic mass is 35.5. The third-order valence-electron chi connectivity index (χ3n) is 6.17. The van der Waals surface area contributed by atoms with Crippen molar-refractivity contribution in [3.05, 3.63) is 92.9 Å². The van der Waals surface area contributed by atoms with E-state index in [9.17, 15) is 18.0 Å². The Kier molecular flexibility index (Phi) is 10.2. The van der Waals surface area contributed by atoms with Crippen LogP contribution in [0.2, 0.25) is 15.1 Å². The van der Waals surface area contributed by atoms with Gasteiger partial charge in [-0.3, -0.25) is 13.9 Å². The van der Waals surface area contributed by atoms with E-state index in [1.54, 1.807) is 68.4 Å². The lowest BCUT2D eigenvalue weighted by Crippen LogP contribution is -2.54. The van der Waals surface area contributed by atoms with Crippen molar-refractivity contribution >= 4 is 62.3 Å². The number of carbonyl (C=O) groups excluding carboxylic acids is 2. The van der Waals surface area contributed by atoms with Gasteiger partial charge in [0.05, 0.1) is 10.6 Å². The number of nitrogens with one attached hydrogen (secondary N) is 1. The molecular formula is C29H32Cl3N3O4S. The Balaban J connectivity index is 2.11. The fourth-order valence-corrected chi connectivity index (χ4v) is 6.19. The number of hydrogen-bond donors (Lipinski definition) is 1. The van der Waals surface area contributed by atoms with Gasteiger partial charge in [0.25, 0.3) is 10.0 Å². The number of halogens is 3. The van der Waals surface area contributed by atoms with Gasteiger partial charge in [-0.2, -0.15) is 0 Å². The van der Waals surface area contributed by atoms with Gasteiger partial charge in [0.2, 0.25) is 11.8 Å². The summed E-state index contributed by atoms with van der Waals surface area (Å²) in [4.78, 5) is 28.6. The van der Waals surface area contributed by atoms with Gasteiger partial charge < -0.3 is 10.2 Å². The van der Waals surface area contributed by atoms with Crippen LogP contribution in [0, 0.1) is 6.92 Å². The highest BCUT2D eigenvalue weighted by Crippen LogP contribution is 2.32. The van der Waals surface area contributed by atoms with E-state index in [0.29, 0.717) is 26.2 Å². The van der Waals surface area contributed by atoms with E-state index in [0.717, 1.165) is 4.31 Å². The van der Waals surface area contributed by atoms with Crippen molar-refractivity contribution in [1.82, 2.24) is 10.2 Å². The van der Waals surface area contributed by atoms with Crippen molar-refractivity contribution in [2.45, 2.75) is 57.6 Å². The Morgan fingerprint density at radius 2 is 1.43 bits per heavy atom. The summed E-state index contributed by atoms with van der Waals surface area (Å²) in [7, 11) is -4.21. The van der Waals surface area contributed by atoms with Gasteiger partial charge >= 0.3 is 0 Å². The number of anilines is 1. The van der Waals surface area contributed by atoms with Crippen LogP contribution in [0.5, 0.6) is 0 Å². The van der Waals surface area contributed by atoms with Crippen molar-refractivity contribution in [3.8, 4) is 0 Å². The summed E-state index contributed by atoms with van der Waals surface area (Å²) in [5, 5.41) is 3.85. The van der Waals surface area contributed by atoms with Crippen LogP contribution in [0.1, 0.15) is 38.8 Å². The summed E-state index contributed by atoms with van der Waals surface area (Å²) >= 11 is 19.2. The number of rotatable bonds is 9. The first-order valence-electron chi connectivity index (χ1n) is 12.5. The van der Waals surface area contributed by atoms with E-state index < -0.39 is 40.0 Å². The van der Waals surface area contributed by atoms with Crippen molar-refractivity contribution in [1.29, 1.82) is 0 Å². The molecule has 3 aromatic carbocycles. The van der Waals surface area contributed by atoms with Crippen molar-refractivity contribution in [2.75, 3.05) is 10.8 Å². The van der Waals surface area contributed by atoms with E-state index in [2.05, 4.69) is 5.32 Å². The van der Waals surface area contributed by atoms with Crippen LogP contribution in [0.15, 0.2) is 71.6 Å². The summed E-state index contributed by atoms with van der Waals surface area (Å²) < 4.78 is 28.8. The minimum absolute atomic E-state index is 0.00129. The standard InChI is InChI=1S/C29H32Cl3N3O4S/c1-19-23(30)13-10-16-26(19)35(40(38,39)21-11-7-6-8-12-21)18-27(36)34(20(2)28(37)33-29(3,4)5)17-22-24(31)14-9-15-25(22)32/h6-16,20H,17-18H2,1-5H3,(H,33,37). The monoisotopic (exact) mass is 623 g/mol. The molecule has 0 aliphatic heterocycles. The van der Waals surface area contributed by atoms with Crippen molar-refractivity contribution in [3.63, 3.8) is 0 Å². The minimum atomic E-state index is -4.21. The summed E-state index contributed by atoms with van der Waals surface area (Å²) in [5.41, 5.74) is 0.594. The van der Waals surface area contributed by atoms with E-state index in [-0.39, 0.29) is 17.1 Å². The molecule has 1 N–H and O–H groups in total. The number of sulfonamides is 1. The van der Waals surface area contributed by atoms with Gasteiger partial charge in [-0.25, -0.2) is 8.42 Å². The first-order valence-corrected chi connectivity index (χ1v) is 15.1. The third-order valence-corrected chi connectivity index (χ3v) is 9.07. The van der Waals surface area contributed by atoms with Crippen LogP contribution in [0.3, 0.4) is 0 Å². The number of amides is 2. The molecule has 0 heterocycles. The molecule has 0 fully saturated rings. The normalized spacial score (nSPS) is 12.5. The molecule has 0 aromatic heterocycles. The summed E-state index contributed by atoms with van der Waals surface area (Å²) in [5.74, 6) is -1.05. The van der Waals surface area contributed by atoms with Crippen LogP contribution >= 0.6 is 34.8 Å². The zero-order chi connectivity index (χ0) is 29.8. The zero-order valence-corrected chi connectivity index (χ0v) is 26.0. The molecule has 214 valence electrons. The van der Waals surface area contributed by atoms with Gasteiger partial charge in [-0.15, -0.1) is 0 Å². The second-order valence-corrected chi connectivity index (χ2v) is 13.4. The van der Waals surface area contributed by atoms with E-state index in [4.69, 9.17) is 34.8 Å². The maximum absolute atomic E-state index is 14.1. The SMILES string of the molecule is Cc1c(Cl)cccc1N(CC(=O)N(Cc1c(Cl)cccc1Cl)C(C)C(=O)NC(C)(C)C)S(=O)(=O)c1ccccc1. The van der Waals surface area contributed by atoms with Crippen molar-refractivity contribution < 1.29 is 18.0 Å². The lowest BCUT2D eigenvalue weighted by Gasteiger charge is -2.34.